The van der Waals surface area contributed by atoms with Crippen molar-refractivity contribution in [1.82, 2.24) is 4.98 Å². The van der Waals surface area contributed by atoms with Crippen molar-refractivity contribution < 1.29 is 4.39 Å². The summed E-state index contributed by atoms with van der Waals surface area (Å²) in [6.45, 7) is 0. The molecule has 1 heterocycles. The highest BCUT2D eigenvalue weighted by atomic mass is 35.5. The Morgan fingerprint density at radius 2 is 1.94 bits per heavy atom. The van der Waals surface area contributed by atoms with E-state index in [1.807, 2.05) is 0 Å². The molecule has 0 atom stereocenters. The Labute approximate surface area is 112 Å². The molecule has 0 spiro atoms. The van der Waals surface area contributed by atoms with E-state index < -0.39 is 0 Å². The maximum absolute atomic E-state index is 13.0. The highest BCUT2D eigenvalue weighted by molar-refractivity contribution is 7.99. The zero-order chi connectivity index (χ0) is 12.4. The summed E-state index contributed by atoms with van der Waals surface area (Å²) in [5.41, 5.74) is 5.58. The van der Waals surface area contributed by atoms with Crippen molar-refractivity contribution in [2.24, 2.45) is 0 Å². The highest BCUT2D eigenvalue weighted by Crippen LogP contribution is 2.34. The van der Waals surface area contributed by atoms with E-state index in [1.165, 1.54) is 30.0 Å². The van der Waals surface area contributed by atoms with Gasteiger partial charge in [0.05, 0.1) is 10.0 Å². The molecule has 2 nitrogen and oxygen atoms in total. The lowest BCUT2D eigenvalue weighted by Gasteiger charge is -2.05. The van der Waals surface area contributed by atoms with Crippen LogP contribution in [0, 0.1) is 5.82 Å². The van der Waals surface area contributed by atoms with Crippen LogP contribution in [0.15, 0.2) is 40.3 Å². The van der Waals surface area contributed by atoms with Crippen molar-refractivity contribution in [2.45, 2.75) is 9.92 Å². The third-order valence-corrected chi connectivity index (χ3v) is 3.63. The van der Waals surface area contributed by atoms with Gasteiger partial charge in [0.15, 0.2) is 0 Å². The quantitative estimate of drug-likeness (QED) is 0.897. The molecular weight excluding hydrogens is 282 g/mol. The number of pyridine rings is 1. The molecule has 2 N–H and O–H groups in total. The number of benzene rings is 1. The predicted octanol–water partition coefficient (Wildman–Crippen LogP) is 4.26. The van der Waals surface area contributed by atoms with E-state index in [4.69, 9.17) is 28.9 Å². The Balaban J connectivity index is 2.33. The van der Waals surface area contributed by atoms with E-state index in [2.05, 4.69) is 4.98 Å². The molecule has 2 rings (SSSR count). The van der Waals surface area contributed by atoms with Crippen LogP contribution in [0.4, 0.5) is 10.2 Å². The molecule has 6 heteroatoms. The van der Waals surface area contributed by atoms with Crippen molar-refractivity contribution in [2.75, 3.05) is 5.73 Å². The van der Waals surface area contributed by atoms with Crippen LogP contribution in [0.1, 0.15) is 0 Å². The molecule has 0 unspecified atom stereocenters. The number of nitrogens with two attached hydrogens (primary N) is 1. The minimum Gasteiger partial charge on any atom is -0.382 e. The van der Waals surface area contributed by atoms with Gasteiger partial charge in [0.25, 0.3) is 0 Å². The zero-order valence-corrected chi connectivity index (χ0v) is 10.8. The molecule has 0 aliphatic heterocycles. The van der Waals surface area contributed by atoms with Crippen LogP contribution in [-0.4, -0.2) is 4.98 Å². The van der Waals surface area contributed by atoms with Crippen LogP contribution in [-0.2, 0) is 0 Å². The van der Waals surface area contributed by atoms with Gasteiger partial charge in [-0.2, -0.15) is 0 Å². The maximum atomic E-state index is 13.0. The number of nitrogens with zero attached hydrogens (tertiary/aromatic N) is 1. The number of halogens is 3. The van der Waals surface area contributed by atoms with E-state index >= 15 is 0 Å². The summed E-state index contributed by atoms with van der Waals surface area (Å²) in [6, 6.07) is 7.66. The van der Waals surface area contributed by atoms with Crippen molar-refractivity contribution in [3.05, 3.63) is 46.2 Å². The third-order valence-electron chi connectivity index (χ3n) is 1.94. The second kappa shape index (κ2) is 5.12. The minimum absolute atomic E-state index is 0.204. The number of nitrogen functional groups attached to an aromatic ring is 1. The SMILES string of the molecule is Nc1nc(Sc2cccc(F)c2)c(Cl)cc1Cl. The van der Waals surface area contributed by atoms with Crippen LogP contribution in [0.25, 0.3) is 0 Å². The monoisotopic (exact) mass is 288 g/mol. The molecule has 1 aromatic heterocycles. The lowest BCUT2D eigenvalue weighted by molar-refractivity contribution is 0.624. The summed E-state index contributed by atoms with van der Waals surface area (Å²) in [5.74, 6) is -0.108. The number of rotatable bonds is 2. The van der Waals surface area contributed by atoms with Crippen LogP contribution < -0.4 is 5.73 Å². The fourth-order valence-corrected chi connectivity index (χ4v) is 2.49. The number of anilines is 1. The number of hydrogen-bond acceptors (Lipinski definition) is 3. The summed E-state index contributed by atoms with van der Waals surface area (Å²) in [5, 5.41) is 1.19. The summed E-state index contributed by atoms with van der Waals surface area (Å²) < 4.78 is 13.0. The van der Waals surface area contributed by atoms with E-state index in [-0.39, 0.29) is 11.6 Å². The standard InChI is InChI=1S/C11H7Cl2FN2S/c12-8-5-9(13)11(16-10(8)15)17-7-3-1-2-6(14)4-7/h1-5H,(H2,15,16). The van der Waals surface area contributed by atoms with Gasteiger partial charge in [-0.3, -0.25) is 0 Å². The van der Waals surface area contributed by atoms with Crippen LogP contribution in [0.2, 0.25) is 10.0 Å². The largest absolute Gasteiger partial charge is 0.382 e. The lowest BCUT2D eigenvalue weighted by Crippen LogP contribution is -1.93. The molecule has 0 saturated heterocycles. The topological polar surface area (TPSA) is 38.9 Å². The molecule has 0 radical (unpaired) electrons. The Morgan fingerprint density at radius 1 is 1.18 bits per heavy atom. The minimum atomic E-state index is -0.312. The van der Waals surface area contributed by atoms with Crippen molar-refractivity contribution in [3.63, 3.8) is 0 Å². The Kier molecular flexibility index (Phi) is 3.76. The van der Waals surface area contributed by atoms with E-state index in [0.717, 1.165) is 0 Å². The fourth-order valence-electron chi connectivity index (χ4n) is 1.18. The smallest absolute Gasteiger partial charge is 0.143 e. The summed E-state index contributed by atoms with van der Waals surface area (Å²) in [6.07, 6.45) is 0. The second-order valence-electron chi connectivity index (χ2n) is 3.20. The summed E-state index contributed by atoms with van der Waals surface area (Å²) >= 11 is 13.0. The van der Waals surface area contributed by atoms with Gasteiger partial charge in [-0.15, -0.1) is 0 Å². The molecular formula is C11H7Cl2FN2S. The number of hydrogen-bond donors (Lipinski definition) is 1. The zero-order valence-electron chi connectivity index (χ0n) is 8.45. The molecule has 2 aromatic rings. The number of aromatic nitrogens is 1. The van der Waals surface area contributed by atoms with Gasteiger partial charge < -0.3 is 5.73 Å². The highest BCUT2D eigenvalue weighted by Gasteiger charge is 2.09. The first kappa shape index (κ1) is 12.5. The van der Waals surface area contributed by atoms with Crippen molar-refractivity contribution >= 4 is 40.8 Å². The molecule has 0 saturated carbocycles. The summed E-state index contributed by atoms with van der Waals surface area (Å²) in [7, 11) is 0. The second-order valence-corrected chi connectivity index (χ2v) is 5.08. The molecule has 0 amide bonds. The molecule has 0 fully saturated rings. The Bertz CT molecular complexity index is 563. The first-order valence-corrected chi connectivity index (χ1v) is 6.18. The third kappa shape index (κ3) is 3.03. The van der Waals surface area contributed by atoms with Crippen molar-refractivity contribution in [3.8, 4) is 0 Å². The van der Waals surface area contributed by atoms with Gasteiger partial charge in [0.1, 0.15) is 16.7 Å². The fraction of sp³-hybridized carbons (Fsp3) is 0. The average Bonchev–Trinajstić information content (AvgIpc) is 2.26. The van der Waals surface area contributed by atoms with E-state index in [1.54, 1.807) is 12.1 Å². The lowest BCUT2D eigenvalue weighted by atomic mass is 10.4. The van der Waals surface area contributed by atoms with Gasteiger partial charge in [-0.1, -0.05) is 41.0 Å². The molecule has 17 heavy (non-hydrogen) atoms. The molecule has 1 aromatic carbocycles. The van der Waals surface area contributed by atoms with Gasteiger partial charge in [0, 0.05) is 4.90 Å². The van der Waals surface area contributed by atoms with Crippen molar-refractivity contribution in [1.29, 1.82) is 0 Å². The maximum Gasteiger partial charge on any atom is 0.143 e. The van der Waals surface area contributed by atoms with Gasteiger partial charge in [-0.05, 0) is 24.3 Å². The molecule has 0 aliphatic carbocycles. The molecule has 88 valence electrons. The van der Waals surface area contributed by atoms with Gasteiger partial charge >= 0.3 is 0 Å². The summed E-state index contributed by atoms with van der Waals surface area (Å²) in [4.78, 5) is 4.75. The van der Waals surface area contributed by atoms with Crippen LogP contribution >= 0.6 is 35.0 Å². The van der Waals surface area contributed by atoms with E-state index in [9.17, 15) is 4.39 Å². The van der Waals surface area contributed by atoms with E-state index in [0.29, 0.717) is 20.0 Å². The molecule has 0 aliphatic rings. The van der Waals surface area contributed by atoms with Crippen LogP contribution in [0.5, 0.6) is 0 Å². The average molecular weight is 289 g/mol. The Hall–Kier alpha value is -0.970. The molecule has 0 bridgehead atoms. The van der Waals surface area contributed by atoms with Gasteiger partial charge in [-0.25, -0.2) is 9.37 Å². The first-order chi connectivity index (χ1) is 8.06. The Morgan fingerprint density at radius 3 is 2.65 bits per heavy atom. The first-order valence-electron chi connectivity index (χ1n) is 4.61. The normalized spacial score (nSPS) is 10.5. The van der Waals surface area contributed by atoms with Gasteiger partial charge in [0.2, 0.25) is 0 Å². The van der Waals surface area contributed by atoms with Crippen LogP contribution in [0.3, 0.4) is 0 Å². The predicted molar refractivity (Wildman–Crippen MR) is 69.2 cm³/mol.